The Morgan fingerprint density at radius 2 is 1.08 bits per heavy atom. The van der Waals surface area contributed by atoms with Crippen molar-refractivity contribution in [2.45, 2.75) is 51.9 Å². The number of hydrogen-bond donors (Lipinski definition) is 2. The molecule has 0 spiro atoms. The summed E-state index contributed by atoms with van der Waals surface area (Å²) in [7, 11) is 0. The first-order chi connectivity index (χ1) is 23.1. The number of benzene rings is 3. The number of carbonyl (C=O) groups is 4. The summed E-state index contributed by atoms with van der Waals surface area (Å²) in [5.74, 6) is -2.58. The standard InChI is InChI=1S/C38H42O10/c1-4-5-6-7-8-31-25-30(28-9-14-32(15-10-28)45-19-21-47-37(43)26(2)23-35(39)40)13-18-34(31)29-11-16-33(17-12-29)46-20-22-48-38(44)27(3)24-36(41)42/h9-18,25H,2-8,19-24H2,1H3,(H,39,40)(H,41,42). The number of carboxylic acids is 2. The number of aliphatic carboxylic acids is 2. The monoisotopic (exact) mass is 658 g/mol. The van der Waals surface area contributed by atoms with Gasteiger partial charge in [-0.2, -0.15) is 0 Å². The minimum atomic E-state index is -1.15. The zero-order chi connectivity index (χ0) is 34.9. The Balaban J connectivity index is 1.61. The Morgan fingerprint density at radius 1 is 0.604 bits per heavy atom. The molecule has 0 fully saturated rings. The van der Waals surface area contributed by atoms with E-state index in [1.54, 1.807) is 0 Å². The quantitative estimate of drug-likeness (QED) is 0.0694. The third-order valence-electron chi connectivity index (χ3n) is 7.23. The fourth-order valence-electron chi connectivity index (χ4n) is 4.78. The van der Waals surface area contributed by atoms with Crippen LogP contribution in [0.1, 0.15) is 51.0 Å². The molecule has 0 heterocycles. The number of unbranched alkanes of at least 4 members (excludes halogenated alkanes) is 3. The van der Waals surface area contributed by atoms with Crippen LogP contribution < -0.4 is 9.47 Å². The van der Waals surface area contributed by atoms with E-state index in [-0.39, 0.29) is 37.6 Å². The predicted molar refractivity (Wildman–Crippen MR) is 181 cm³/mol. The van der Waals surface area contributed by atoms with E-state index in [1.165, 1.54) is 12.0 Å². The molecule has 3 aromatic carbocycles. The summed E-state index contributed by atoms with van der Waals surface area (Å²) in [4.78, 5) is 45.0. The average Bonchev–Trinajstić information content (AvgIpc) is 3.06. The van der Waals surface area contributed by atoms with Crippen molar-refractivity contribution in [2.75, 3.05) is 26.4 Å². The van der Waals surface area contributed by atoms with Crippen LogP contribution in [0.25, 0.3) is 22.3 Å². The lowest BCUT2D eigenvalue weighted by atomic mass is 9.92. The van der Waals surface area contributed by atoms with Gasteiger partial charge in [-0.1, -0.05) is 81.8 Å². The maximum atomic E-state index is 11.8. The molecule has 0 saturated carbocycles. The highest BCUT2D eigenvalue weighted by atomic mass is 16.6. The first kappa shape index (κ1) is 37.1. The summed E-state index contributed by atoms with van der Waals surface area (Å²) >= 11 is 0. The van der Waals surface area contributed by atoms with Crippen LogP contribution in [0.5, 0.6) is 11.5 Å². The van der Waals surface area contributed by atoms with Crippen molar-refractivity contribution < 1.29 is 48.3 Å². The molecular formula is C38H42O10. The topological polar surface area (TPSA) is 146 Å². The maximum Gasteiger partial charge on any atom is 0.334 e. The zero-order valence-electron chi connectivity index (χ0n) is 27.2. The Morgan fingerprint density at radius 3 is 1.56 bits per heavy atom. The van der Waals surface area contributed by atoms with Crippen molar-refractivity contribution in [1.29, 1.82) is 0 Å². The Bertz CT molecular complexity index is 1570. The minimum absolute atomic E-state index is 0.0300. The van der Waals surface area contributed by atoms with E-state index in [0.29, 0.717) is 11.5 Å². The van der Waals surface area contributed by atoms with Gasteiger partial charge in [0, 0.05) is 11.1 Å². The maximum absolute atomic E-state index is 11.8. The second-order valence-corrected chi connectivity index (χ2v) is 11.0. The fraction of sp³-hybridized carbons (Fsp3) is 0.316. The highest BCUT2D eigenvalue weighted by molar-refractivity contribution is 5.93. The second-order valence-electron chi connectivity index (χ2n) is 11.0. The molecule has 10 nitrogen and oxygen atoms in total. The van der Waals surface area contributed by atoms with Gasteiger partial charge >= 0.3 is 23.9 Å². The van der Waals surface area contributed by atoms with Crippen molar-refractivity contribution in [3.63, 3.8) is 0 Å². The van der Waals surface area contributed by atoms with Crippen LogP contribution in [0.4, 0.5) is 0 Å². The lowest BCUT2D eigenvalue weighted by molar-refractivity contribution is -0.143. The highest BCUT2D eigenvalue weighted by Crippen LogP contribution is 2.32. The van der Waals surface area contributed by atoms with E-state index in [4.69, 9.17) is 29.2 Å². The fourth-order valence-corrected chi connectivity index (χ4v) is 4.78. The van der Waals surface area contributed by atoms with Crippen LogP contribution in [-0.4, -0.2) is 60.5 Å². The van der Waals surface area contributed by atoms with E-state index in [9.17, 15) is 19.2 Å². The number of esters is 2. The summed E-state index contributed by atoms with van der Waals surface area (Å²) in [6, 6.07) is 21.8. The van der Waals surface area contributed by atoms with E-state index in [2.05, 4.69) is 38.3 Å². The largest absolute Gasteiger partial charge is 0.490 e. The van der Waals surface area contributed by atoms with Gasteiger partial charge in [0.2, 0.25) is 0 Å². The second kappa shape index (κ2) is 19.3. The number of rotatable bonds is 21. The molecule has 0 aliphatic heterocycles. The first-order valence-corrected chi connectivity index (χ1v) is 15.8. The van der Waals surface area contributed by atoms with Gasteiger partial charge in [0.05, 0.1) is 12.8 Å². The molecule has 0 aliphatic rings. The van der Waals surface area contributed by atoms with Gasteiger partial charge in [-0.3, -0.25) is 9.59 Å². The molecule has 10 heteroatoms. The van der Waals surface area contributed by atoms with Crippen molar-refractivity contribution in [3.8, 4) is 33.8 Å². The predicted octanol–water partition coefficient (Wildman–Crippen LogP) is 7.05. The van der Waals surface area contributed by atoms with Crippen LogP contribution in [0.3, 0.4) is 0 Å². The number of carbonyl (C=O) groups excluding carboxylic acids is 2. The minimum Gasteiger partial charge on any atom is -0.490 e. The number of carboxylic acid groups (broad SMARTS) is 2. The van der Waals surface area contributed by atoms with Crippen LogP contribution in [0.2, 0.25) is 0 Å². The van der Waals surface area contributed by atoms with Gasteiger partial charge in [0.25, 0.3) is 0 Å². The third-order valence-corrected chi connectivity index (χ3v) is 7.23. The molecule has 3 rings (SSSR count). The van der Waals surface area contributed by atoms with Gasteiger partial charge in [-0.15, -0.1) is 0 Å². The van der Waals surface area contributed by atoms with Crippen LogP contribution in [0, 0.1) is 0 Å². The molecule has 3 aromatic rings. The molecule has 0 atom stereocenters. The molecular weight excluding hydrogens is 616 g/mol. The van der Waals surface area contributed by atoms with Crippen LogP contribution in [0.15, 0.2) is 91.0 Å². The first-order valence-electron chi connectivity index (χ1n) is 15.8. The van der Waals surface area contributed by atoms with Crippen molar-refractivity contribution in [2.24, 2.45) is 0 Å². The Labute approximate surface area is 280 Å². The van der Waals surface area contributed by atoms with Gasteiger partial charge < -0.3 is 29.2 Å². The lowest BCUT2D eigenvalue weighted by Crippen LogP contribution is -2.15. The smallest absolute Gasteiger partial charge is 0.334 e. The van der Waals surface area contributed by atoms with Crippen molar-refractivity contribution in [1.82, 2.24) is 0 Å². The van der Waals surface area contributed by atoms with Gasteiger partial charge in [-0.05, 0) is 64.9 Å². The van der Waals surface area contributed by atoms with Gasteiger partial charge in [-0.25, -0.2) is 9.59 Å². The number of ether oxygens (including phenoxy) is 4. The van der Waals surface area contributed by atoms with Gasteiger partial charge in [0.15, 0.2) is 0 Å². The van der Waals surface area contributed by atoms with Crippen molar-refractivity contribution >= 4 is 23.9 Å². The van der Waals surface area contributed by atoms with Crippen LogP contribution >= 0.6 is 0 Å². The molecule has 48 heavy (non-hydrogen) atoms. The molecule has 2 N–H and O–H groups in total. The molecule has 0 saturated heterocycles. The number of aryl methyl sites for hydroxylation is 1. The Hall–Kier alpha value is -5.38. The molecule has 0 aliphatic carbocycles. The van der Waals surface area contributed by atoms with E-state index < -0.39 is 36.7 Å². The summed E-state index contributed by atoms with van der Waals surface area (Å²) in [6.45, 7) is 9.22. The zero-order valence-corrected chi connectivity index (χ0v) is 27.2. The lowest BCUT2D eigenvalue weighted by Gasteiger charge is -2.14. The van der Waals surface area contributed by atoms with Crippen molar-refractivity contribution in [3.05, 3.63) is 96.6 Å². The molecule has 0 aromatic heterocycles. The summed E-state index contributed by atoms with van der Waals surface area (Å²) in [6.07, 6.45) is 4.55. The van der Waals surface area contributed by atoms with E-state index in [1.807, 2.05) is 48.5 Å². The average molecular weight is 659 g/mol. The van der Waals surface area contributed by atoms with E-state index in [0.717, 1.165) is 47.9 Å². The molecule has 0 unspecified atom stereocenters. The SMILES string of the molecule is C=C(CC(=O)O)C(=O)OCCOc1ccc(-c2ccc(-c3ccc(OCCOC(=O)C(=C)CC(=O)O)cc3)c(CCCCCC)c2)cc1. The molecule has 0 bridgehead atoms. The summed E-state index contributed by atoms with van der Waals surface area (Å²) in [5, 5.41) is 17.5. The molecule has 0 amide bonds. The molecule has 254 valence electrons. The van der Waals surface area contributed by atoms with Crippen LogP contribution in [-0.2, 0) is 35.1 Å². The number of hydrogen-bond acceptors (Lipinski definition) is 8. The highest BCUT2D eigenvalue weighted by Gasteiger charge is 2.14. The summed E-state index contributed by atoms with van der Waals surface area (Å²) < 4.78 is 21.4. The molecule has 0 radical (unpaired) electrons. The van der Waals surface area contributed by atoms with E-state index >= 15 is 0 Å². The van der Waals surface area contributed by atoms with Gasteiger partial charge in [0.1, 0.15) is 37.9 Å². The third kappa shape index (κ3) is 12.4. The Kier molecular flexibility index (Phi) is 14.9. The normalized spacial score (nSPS) is 10.5. The summed E-state index contributed by atoms with van der Waals surface area (Å²) in [5.41, 5.74) is 5.27.